The second kappa shape index (κ2) is 8.61. The first-order valence-corrected chi connectivity index (χ1v) is 7.88. The third-order valence-electron chi connectivity index (χ3n) is 3.81. The molecule has 0 fully saturated rings. The predicted molar refractivity (Wildman–Crippen MR) is 90.1 cm³/mol. The minimum Gasteiger partial charge on any atom is -0.494 e. The number of ether oxygens (including phenoxy) is 1. The zero-order valence-electron chi connectivity index (χ0n) is 13.3. The molecule has 0 bridgehead atoms. The van der Waals surface area contributed by atoms with Gasteiger partial charge in [-0.1, -0.05) is 31.2 Å². The van der Waals surface area contributed by atoms with Crippen LogP contribution in [0.25, 0.3) is 0 Å². The predicted octanol–water partition coefficient (Wildman–Crippen LogP) is 4.59. The smallest absolute Gasteiger partial charge is 0.119 e. The first-order chi connectivity index (χ1) is 11.3. The molecule has 0 aromatic heterocycles. The van der Waals surface area contributed by atoms with E-state index < -0.39 is 0 Å². The molecule has 0 aliphatic heterocycles. The van der Waals surface area contributed by atoms with Crippen LogP contribution in [-0.2, 0) is 6.42 Å². The van der Waals surface area contributed by atoms with Crippen LogP contribution in [0.5, 0.6) is 5.75 Å². The fourth-order valence-corrected chi connectivity index (χ4v) is 2.43. The number of benzene rings is 2. The molecule has 0 aliphatic rings. The van der Waals surface area contributed by atoms with Crippen LogP contribution in [-0.4, -0.2) is 6.61 Å². The summed E-state index contributed by atoms with van der Waals surface area (Å²) in [5, 5.41) is 18.1. The van der Waals surface area contributed by atoms with Gasteiger partial charge in [0.25, 0.3) is 0 Å². The zero-order valence-corrected chi connectivity index (χ0v) is 13.3. The highest BCUT2D eigenvalue weighted by Crippen LogP contribution is 2.21. The molecule has 0 aliphatic carbocycles. The van der Waals surface area contributed by atoms with Gasteiger partial charge in [0.1, 0.15) is 5.75 Å². The maximum atomic E-state index is 9.33. The highest BCUT2D eigenvalue weighted by molar-refractivity contribution is 5.34. The van der Waals surface area contributed by atoms with Gasteiger partial charge in [-0.2, -0.15) is 10.5 Å². The van der Waals surface area contributed by atoms with E-state index in [4.69, 9.17) is 10.00 Å². The molecular formula is C20H20N2O. The summed E-state index contributed by atoms with van der Waals surface area (Å²) in [4.78, 5) is 0. The van der Waals surface area contributed by atoms with Crippen LogP contribution in [0.1, 0.15) is 42.4 Å². The normalized spacial score (nSPS) is 11.3. The lowest BCUT2D eigenvalue weighted by Crippen LogP contribution is -2.02. The summed E-state index contributed by atoms with van der Waals surface area (Å²) >= 11 is 0. The molecule has 0 spiro atoms. The van der Waals surface area contributed by atoms with Crippen molar-refractivity contribution in [1.29, 1.82) is 10.5 Å². The summed E-state index contributed by atoms with van der Waals surface area (Å²) in [6.07, 6.45) is 2.55. The van der Waals surface area contributed by atoms with Crippen molar-refractivity contribution in [1.82, 2.24) is 0 Å². The van der Waals surface area contributed by atoms with Gasteiger partial charge in [-0.25, -0.2) is 0 Å². The number of hydrogen-bond donors (Lipinski definition) is 0. The molecule has 0 N–H and O–H groups in total. The van der Waals surface area contributed by atoms with Gasteiger partial charge in [0, 0.05) is 0 Å². The van der Waals surface area contributed by atoms with E-state index in [2.05, 4.69) is 31.2 Å². The topological polar surface area (TPSA) is 56.8 Å². The summed E-state index contributed by atoms with van der Waals surface area (Å²) in [6.45, 7) is 2.72. The van der Waals surface area contributed by atoms with Crippen LogP contribution in [0.4, 0.5) is 0 Å². The highest BCUT2D eigenvalue weighted by atomic mass is 16.5. The van der Waals surface area contributed by atoms with Gasteiger partial charge in [0.05, 0.1) is 30.2 Å². The summed E-state index contributed by atoms with van der Waals surface area (Å²) in [7, 11) is 0. The molecule has 0 radical (unpaired) electrons. The number of aryl methyl sites for hydroxylation is 1. The van der Waals surface area contributed by atoms with Crippen LogP contribution in [0, 0.1) is 22.7 Å². The minimum absolute atomic E-state index is 0.159. The van der Waals surface area contributed by atoms with E-state index in [1.54, 1.807) is 12.1 Å². The van der Waals surface area contributed by atoms with Gasteiger partial charge < -0.3 is 4.74 Å². The van der Waals surface area contributed by atoms with Gasteiger partial charge >= 0.3 is 0 Å². The molecular weight excluding hydrogens is 284 g/mol. The van der Waals surface area contributed by atoms with E-state index in [9.17, 15) is 5.26 Å². The molecule has 2 aromatic rings. The Morgan fingerprint density at radius 2 is 1.87 bits per heavy atom. The third kappa shape index (κ3) is 4.87. The Kier molecular flexibility index (Phi) is 6.21. The number of hydrogen-bond acceptors (Lipinski definition) is 3. The Labute approximate surface area is 137 Å². The van der Waals surface area contributed by atoms with E-state index in [1.165, 1.54) is 5.56 Å². The van der Waals surface area contributed by atoms with E-state index in [0.29, 0.717) is 12.2 Å². The lowest BCUT2D eigenvalue weighted by Gasteiger charge is -2.11. The Balaban J connectivity index is 1.83. The molecule has 23 heavy (non-hydrogen) atoms. The van der Waals surface area contributed by atoms with Gasteiger partial charge in [0.2, 0.25) is 0 Å². The molecule has 2 aromatic carbocycles. The van der Waals surface area contributed by atoms with Crippen LogP contribution in [0.2, 0.25) is 0 Å². The van der Waals surface area contributed by atoms with Crippen LogP contribution < -0.4 is 4.74 Å². The van der Waals surface area contributed by atoms with E-state index in [-0.39, 0.29) is 5.92 Å². The van der Waals surface area contributed by atoms with Crippen LogP contribution in [0.3, 0.4) is 0 Å². The monoisotopic (exact) mass is 304 g/mol. The summed E-state index contributed by atoms with van der Waals surface area (Å²) in [5.74, 6) is 0.726. The van der Waals surface area contributed by atoms with Gasteiger partial charge in [-0.15, -0.1) is 0 Å². The fraction of sp³-hybridized carbons (Fsp3) is 0.300. The standard InChI is InChI=1S/C20H20N2O/c1-2-16-5-3-7-20(13-16)23-12-4-6-19(15-22)18-10-8-17(14-21)9-11-18/h3,5,7-11,13,19H,2,4,6,12H2,1H3. The number of nitrogens with zero attached hydrogens (tertiary/aromatic N) is 2. The molecule has 3 heteroatoms. The maximum absolute atomic E-state index is 9.33. The molecule has 0 heterocycles. The van der Waals surface area contributed by atoms with Crippen LogP contribution in [0.15, 0.2) is 48.5 Å². The largest absolute Gasteiger partial charge is 0.494 e. The molecule has 1 unspecified atom stereocenters. The third-order valence-corrected chi connectivity index (χ3v) is 3.81. The van der Waals surface area contributed by atoms with Gasteiger partial charge in [0.15, 0.2) is 0 Å². The second-order valence-corrected chi connectivity index (χ2v) is 5.41. The Bertz CT molecular complexity index is 708. The van der Waals surface area contributed by atoms with Crippen molar-refractivity contribution in [3.05, 3.63) is 65.2 Å². The van der Waals surface area contributed by atoms with Crippen LogP contribution >= 0.6 is 0 Å². The summed E-state index contributed by atoms with van der Waals surface area (Å²) in [5.41, 5.74) is 2.83. The van der Waals surface area contributed by atoms with Crippen molar-refractivity contribution in [3.63, 3.8) is 0 Å². The first kappa shape index (κ1) is 16.6. The van der Waals surface area contributed by atoms with E-state index in [1.807, 2.05) is 24.3 Å². The highest BCUT2D eigenvalue weighted by Gasteiger charge is 2.10. The quantitative estimate of drug-likeness (QED) is 0.703. The second-order valence-electron chi connectivity index (χ2n) is 5.41. The van der Waals surface area contributed by atoms with Crippen molar-refractivity contribution < 1.29 is 4.74 Å². The summed E-state index contributed by atoms with van der Waals surface area (Å²) < 4.78 is 5.76. The first-order valence-electron chi connectivity index (χ1n) is 7.88. The summed E-state index contributed by atoms with van der Waals surface area (Å²) in [6, 6.07) is 19.8. The van der Waals surface area contributed by atoms with Gasteiger partial charge in [-0.05, 0) is 54.7 Å². The fourth-order valence-electron chi connectivity index (χ4n) is 2.43. The minimum atomic E-state index is -0.159. The lowest BCUT2D eigenvalue weighted by molar-refractivity contribution is 0.304. The number of rotatable bonds is 7. The molecule has 1 atom stereocenters. The average molecular weight is 304 g/mol. The molecule has 3 nitrogen and oxygen atoms in total. The van der Waals surface area contributed by atoms with E-state index >= 15 is 0 Å². The SMILES string of the molecule is CCc1cccc(OCCCC(C#N)c2ccc(C#N)cc2)c1. The molecule has 2 rings (SSSR count). The van der Waals surface area contributed by atoms with Crippen molar-refractivity contribution in [2.24, 2.45) is 0 Å². The Hall–Kier alpha value is -2.78. The molecule has 0 amide bonds. The maximum Gasteiger partial charge on any atom is 0.119 e. The van der Waals surface area contributed by atoms with Crippen molar-refractivity contribution in [2.45, 2.75) is 32.1 Å². The number of nitriles is 2. The average Bonchev–Trinajstić information content (AvgIpc) is 2.62. The molecule has 116 valence electrons. The van der Waals surface area contributed by atoms with Crippen molar-refractivity contribution in [2.75, 3.05) is 6.61 Å². The Morgan fingerprint density at radius 3 is 2.52 bits per heavy atom. The van der Waals surface area contributed by atoms with Gasteiger partial charge in [-0.3, -0.25) is 0 Å². The Morgan fingerprint density at radius 1 is 1.09 bits per heavy atom. The van der Waals surface area contributed by atoms with E-state index in [0.717, 1.165) is 30.6 Å². The lowest BCUT2D eigenvalue weighted by atomic mass is 9.95. The zero-order chi connectivity index (χ0) is 16.5. The molecule has 0 saturated heterocycles. The molecule has 0 saturated carbocycles. The van der Waals surface area contributed by atoms with Crippen molar-refractivity contribution >= 4 is 0 Å². The van der Waals surface area contributed by atoms with Crippen molar-refractivity contribution in [3.8, 4) is 17.9 Å².